The number of ether oxygens (including phenoxy) is 1. The molecule has 0 saturated heterocycles. The number of rotatable bonds is 4. The number of carbonyl (C=O) groups is 1. The van der Waals surface area contributed by atoms with Gasteiger partial charge in [0.25, 0.3) is 0 Å². The summed E-state index contributed by atoms with van der Waals surface area (Å²) in [5.74, 6) is -0.179. The summed E-state index contributed by atoms with van der Waals surface area (Å²) < 4.78 is 5.20. The highest BCUT2D eigenvalue weighted by Gasteiger charge is 2.29. The van der Waals surface area contributed by atoms with E-state index in [4.69, 9.17) is 4.74 Å². The second-order valence-electron chi connectivity index (χ2n) is 3.96. The number of nitrogens with zero attached hydrogens (tertiary/aromatic N) is 1. The summed E-state index contributed by atoms with van der Waals surface area (Å²) in [6.45, 7) is 1.92. The van der Waals surface area contributed by atoms with E-state index in [2.05, 4.69) is 0 Å². The lowest BCUT2D eigenvalue weighted by Crippen LogP contribution is -2.30. The van der Waals surface area contributed by atoms with Crippen molar-refractivity contribution < 1.29 is 14.5 Å². The lowest BCUT2D eigenvalue weighted by atomic mass is 9.93. The lowest BCUT2D eigenvalue weighted by Gasteiger charge is -2.23. The second-order valence-corrected chi connectivity index (χ2v) is 3.96. The number of esters is 1. The van der Waals surface area contributed by atoms with Crippen molar-refractivity contribution in [2.24, 2.45) is 0 Å². The highest BCUT2D eigenvalue weighted by atomic mass is 16.6. The monoisotopic (exact) mass is 215 g/mol. The number of carbonyl (C=O) groups excluding carboxylic acids is 1. The van der Waals surface area contributed by atoms with Crippen LogP contribution >= 0.6 is 0 Å². The van der Waals surface area contributed by atoms with Crippen molar-refractivity contribution in [1.29, 1.82) is 0 Å². The van der Waals surface area contributed by atoms with E-state index in [1.165, 1.54) is 0 Å². The van der Waals surface area contributed by atoms with E-state index in [0.717, 1.165) is 6.42 Å². The minimum Gasteiger partial charge on any atom is -0.462 e. The summed E-state index contributed by atoms with van der Waals surface area (Å²) in [5, 5.41) is 10.5. The Kier molecular flexibility index (Phi) is 4.52. The van der Waals surface area contributed by atoms with Crippen molar-refractivity contribution in [2.75, 3.05) is 0 Å². The number of nitro groups is 1. The van der Waals surface area contributed by atoms with Crippen molar-refractivity contribution >= 4 is 5.97 Å². The maximum atomic E-state index is 11.2. The van der Waals surface area contributed by atoms with Gasteiger partial charge in [-0.05, 0) is 19.3 Å². The van der Waals surface area contributed by atoms with Gasteiger partial charge in [0.1, 0.15) is 6.10 Å². The minimum absolute atomic E-state index is 0.0970. The molecule has 0 aromatic rings. The first-order valence-corrected chi connectivity index (χ1v) is 5.46. The zero-order valence-corrected chi connectivity index (χ0v) is 8.98. The molecule has 0 aliphatic heterocycles. The van der Waals surface area contributed by atoms with Gasteiger partial charge >= 0.3 is 5.97 Å². The normalized spacial score (nSPS) is 25.9. The standard InChI is InChI=1S/C10H17NO4/c1-2-3-10(12)15-9-6-4-8(5-7-9)11(13)14/h8-9H,2-7H2,1H3. The summed E-state index contributed by atoms with van der Waals surface area (Å²) >= 11 is 0. The molecule has 0 heterocycles. The first-order chi connectivity index (χ1) is 7.13. The van der Waals surface area contributed by atoms with Crippen LogP contribution in [0.5, 0.6) is 0 Å². The molecular weight excluding hydrogens is 198 g/mol. The van der Waals surface area contributed by atoms with Gasteiger partial charge in [-0.3, -0.25) is 14.9 Å². The predicted molar refractivity (Wildman–Crippen MR) is 54.0 cm³/mol. The van der Waals surface area contributed by atoms with E-state index in [1.807, 2.05) is 6.92 Å². The highest BCUT2D eigenvalue weighted by molar-refractivity contribution is 5.69. The van der Waals surface area contributed by atoms with E-state index in [-0.39, 0.29) is 17.0 Å². The zero-order valence-electron chi connectivity index (χ0n) is 8.98. The van der Waals surface area contributed by atoms with E-state index >= 15 is 0 Å². The van der Waals surface area contributed by atoms with Gasteiger partial charge in [0, 0.05) is 24.2 Å². The van der Waals surface area contributed by atoms with Gasteiger partial charge in [0.05, 0.1) is 0 Å². The van der Waals surface area contributed by atoms with Gasteiger partial charge in [-0.2, -0.15) is 0 Å². The Hall–Kier alpha value is -1.13. The Morgan fingerprint density at radius 1 is 1.40 bits per heavy atom. The van der Waals surface area contributed by atoms with Crippen LogP contribution in [0.3, 0.4) is 0 Å². The largest absolute Gasteiger partial charge is 0.462 e. The van der Waals surface area contributed by atoms with E-state index < -0.39 is 6.04 Å². The third-order valence-corrected chi connectivity index (χ3v) is 2.69. The molecule has 1 fully saturated rings. The number of hydrogen-bond acceptors (Lipinski definition) is 4. The first-order valence-electron chi connectivity index (χ1n) is 5.46. The molecule has 0 aromatic heterocycles. The van der Waals surface area contributed by atoms with Crippen LogP contribution in [0.2, 0.25) is 0 Å². The van der Waals surface area contributed by atoms with Gasteiger partial charge in [-0.1, -0.05) is 6.92 Å². The molecule has 0 unspecified atom stereocenters. The molecule has 15 heavy (non-hydrogen) atoms. The molecule has 86 valence electrons. The Labute approximate surface area is 88.9 Å². The fraction of sp³-hybridized carbons (Fsp3) is 0.900. The Bertz CT molecular complexity index is 234. The van der Waals surface area contributed by atoms with Crippen LogP contribution in [0, 0.1) is 10.1 Å². The van der Waals surface area contributed by atoms with Gasteiger partial charge < -0.3 is 4.74 Å². The smallest absolute Gasteiger partial charge is 0.306 e. The average Bonchev–Trinajstić information content (AvgIpc) is 2.18. The molecule has 0 amide bonds. The SMILES string of the molecule is CCCC(=O)OC1CCC([N+](=O)[O-])CC1. The third-order valence-electron chi connectivity index (χ3n) is 2.69. The molecule has 5 nitrogen and oxygen atoms in total. The van der Waals surface area contributed by atoms with Crippen molar-refractivity contribution in [2.45, 2.75) is 57.6 Å². The summed E-state index contributed by atoms with van der Waals surface area (Å²) in [6, 6.07) is -0.439. The summed E-state index contributed by atoms with van der Waals surface area (Å²) in [4.78, 5) is 21.4. The molecule has 1 saturated carbocycles. The van der Waals surface area contributed by atoms with Crippen LogP contribution in [-0.4, -0.2) is 23.0 Å². The average molecular weight is 215 g/mol. The van der Waals surface area contributed by atoms with Crippen molar-refractivity contribution in [3.05, 3.63) is 10.1 Å². The maximum Gasteiger partial charge on any atom is 0.306 e. The molecule has 1 aliphatic carbocycles. The van der Waals surface area contributed by atoms with Crippen LogP contribution in [0.4, 0.5) is 0 Å². The Morgan fingerprint density at radius 2 is 2.00 bits per heavy atom. The van der Waals surface area contributed by atoms with Crippen molar-refractivity contribution in [3.63, 3.8) is 0 Å². The topological polar surface area (TPSA) is 69.4 Å². The van der Waals surface area contributed by atoms with Gasteiger partial charge in [-0.15, -0.1) is 0 Å². The molecule has 1 aliphatic rings. The summed E-state index contributed by atoms with van der Waals surface area (Å²) in [7, 11) is 0. The van der Waals surface area contributed by atoms with Gasteiger partial charge in [0.2, 0.25) is 6.04 Å². The van der Waals surface area contributed by atoms with Crippen LogP contribution in [0.1, 0.15) is 45.4 Å². The lowest BCUT2D eigenvalue weighted by molar-refractivity contribution is -0.527. The number of hydrogen-bond donors (Lipinski definition) is 0. The van der Waals surface area contributed by atoms with E-state index in [1.54, 1.807) is 0 Å². The minimum atomic E-state index is -0.439. The molecular formula is C10H17NO4. The molecule has 5 heteroatoms. The van der Waals surface area contributed by atoms with E-state index in [0.29, 0.717) is 32.1 Å². The van der Waals surface area contributed by atoms with Crippen molar-refractivity contribution in [3.8, 4) is 0 Å². The maximum absolute atomic E-state index is 11.2. The fourth-order valence-electron chi connectivity index (χ4n) is 1.82. The third kappa shape index (κ3) is 3.85. The molecule has 0 N–H and O–H groups in total. The van der Waals surface area contributed by atoms with Crippen molar-refractivity contribution in [1.82, 2.24) is 0 Å². The summed E-state index contributed by atoms with van der Waals surface area (Å²) in [6.07, 6.45) is 3.43. The quantitative estimate of drug-likeness (QED) is 0.408. The van der Waals surface area contributed by atoms with Crippen LogP contribution in [0.25, 0.3) is 0 Å². The molecule has 0 aromatic carbocycles. The first kappa shape index (κ1) is 11.9. The second kappa shape index (κ2) is 5.68. The van der Waals surface area contributed by atoms with Crippen LogP contribution < -0.4 is 0 Å². The van der Waals surface area contributed by atoms with Crippen LogP contribution in [-0.2, 0) is 9.53 Å². The molecule has 1 rings (SSSR count). The fourth-order valence-corrected chi connectivity index (χ4v) is 1.82. The molecule has 0 spiro atoms. The highest BCUT2D eigenvalue weighted by Crippen LogP contribution is 2.23. The van der Waals surface area contributed by atoms with E-state index in [9.17, 15) is 14.9 Å². The zero-order chi connectivity index (χ0) is 11.3. The van der Waals surface area contributed by atoms with Gasteiger partial charge in [-0.25, -0.2) is 0 Å². The predicted octanol–water partition coefficient (Wildman–Crippen LogP) is 1.92. The van der Waals surface area contributed by atoms with Gasteiger partial charge in [0.15, 0.2) is 0 Å². The van der Waals surface area contributed by atoms with Crippen LogP contribution in [0.15, 0.2) is 0 Å². The summed E-state index contributed by atoms with van der Waals surface area (Å²) in [5.41, 5.74) is 0. The Morgan fingerprint density at radius 3 is 2.47 bits per heavy atom. The Balaban J connectivity index is 2.25. The molecule has 0 radical (unpaired) electrons. The molecule has 0 bridgehead atoms. The molecule has 0 atom stereocenters.